The fourth-order valence-electron chi connectivity index (χ4n) is 10.6. The number of carbonyl (C=O) groups excluding carboxylic acids is 5. The Balaban J connectivity index is 1.69. The van der Waals surface area contributed by atoms with Crippen LogP contribution in [0.1, 0.15) is 132 Å². The van der Waals surface area contributed by atoms with Gasteiger partial charge in [0.25, 0.3) is 11.7 Å². The van der Waals surface area contributed by atoms with Crippen LogP contribution < -0.4 is 0 Å². The summed E-state index contributed by atoms with van der Waals surface area (Å²) in [5.41, 5.74) is 1.29. The van der Waals surface area contributed by atoms with Crippen LogP contribution in [0.25, 0.3) is 0 Å². The van der Waals surface area contributed by atoms with E-state index in [2.05, 4.69) is 22.6 Å². The van der Waals surface area contributed by atoms with Gasteiger partial charge in [-0.3, -0.25) is 19.2 Å². The normalized spacial score (nSPS) is 37.6. The number of aliphatic hydroxyl groups is 2. The number of ether oxygens (including phenoxy) is 6. The zero-order valence-electron chi connectivity index (χ0n) is 43.1. The molecule has 2 unspecified atom stereocenters. The van der Waals surface area contributed by atoms with Crippen molar-refractivity contribution in [1.82, 2.24) is 4.90 Å². The molecule has 2 bridgehead atoms. The molecule has 2 saturated heterocycles. The van der Waals surface area contributed by atoms with Crippen LogP contribution in [0.3, 0.4) is 0 Å². The van der Waals surface area contributed by atoms with Crippen molar-refractivity contribution in [3.63, 3.8) is 0 Å². The van der Waals surface area contributed by atoms with Gasteiger partial charge in [0.1, 0.15) is 30.1 Å². The summed E-state index contributed by atoms with van der Waals surface area (Å²) >= 11 is 2.34. The van der Waals surface area contributed by atoms with Crippen LogP contribution in [0.4, 0.5) is 0 Å². The molecule has 3 aliphatic heterocycles. The van der Waals surface area contributed by atoms with Gasteiger partial charge >= 0.3 is 5.97 Å². The van der Waals surface area contributed by atoms with Gasteiger partial charge in [-0.1, -0.05) is 93.7 Å². The Hall–Kier alpha value is -2.64. The number of allylic oxidation sites excluding steroid dienone is 6. The first kappa shape index (κ1) is 58.9. The number of methoxy groups -OCH3 is 3. The van der Waals surface area contributed by atoms with E-state index in [1.165, 1.54) is 12.0 Å². The van der Waals surface area contributed by atoms with Gasteiger partial charge in [-0.15, -0.1) is 0 Å². The minimum absolute atomic E-state index is 0.0166. The predicted molar refractivity (Wildman–Crippen MR) is 272 cm³/mol. The summed E-state index contributed by atoms with van der Waals surface area (Å²) in [6.07, 6.45) is 13.8. The summed E-state index contributed by atoms with van der Waals surface area (Å²) < 4.78 is 37.1. The number of Topliss-reactive ketones (excluding diaryl/α,β-unsaturated/α-hetero) is 3. The van der Waals surface area contributed by atoms with E-state index in [-0.39, 0.29) is 60.9 Å². The van der Waals surface area contributed by atoms with E-state index >= 15 is 0 Å². The molecular weight excluding hydrogens is 997 g/mol. The number of fused-ring (bicyclic) bond motifs is 3. The topological polar surface area (TPSA) is 184 Å². The molecule has 1 saturated carbocycles. The van der Waals surface area contributed by atoms with E-state index in [1.807, 2.05) is 58.1 Å². The summed E-state index contributed by atoms with van der Waals surface area (Å²) in [5, 5.41) is 23.5. The van der Waals surface area contributed by atoms with E-state index in [1.54, 1.807) is 41.1 Å². The SMILES string of the molecule is CO[C@H]1CC2CC[C@@H](C)[C@@](O)(O2)C(=O)C(=O)N2CCCC[C@H]2C(=O)OC([C@H](C)C[C@@H]2CC[C@@H](OCCCI)[C@H](OC)C2)CC(=O)[C@H](C)/C=C(\C)[C@@H](O)[C@@H](OC)C(=O)[C@H](C)C[C@H](C)/C=C/C=CC=C1C. The maximum absolute atomic E-state index is 14.5. The Morgan fingerprint density at radius 3 is 2.29 bits per heavy atom. The third kappa shape index (κ3) is 16.4. The van der Waals surface area contributed by atoms with Crippen LogP contribution in [0, 0.1) is 35.5 Å². The first-order valence-electron chi connectivity index (χ1n) is 25.5. The van der Waals surface area contributed by atoms with Crippen molar-refractivity contribution < 1.29 is 62.6 Å². The van der Waals surface area contributed by atoms with Gasteiger partial charge < -0.3 is 43.5 Å². The van der Waals surface area contributed by atoms with Crippen molar-refractivity contribution in [3.8, 4) is 0 Å². The Morgan fingerprint density at radius 2 is 1.61 bits per heavy atom. The first-order valence-corrected chi connectivity index (χ1v) is 27.0. The lowest BCUT2D eigenvalue weighted by atomic mass is 9.78. The standard InChI is InChI=1S/C54H84INO13/c1-33-17-12-11-13-18-34(2)45(64-8)31-41-22-20-39(7)54(63,69-41)51(60)52(61)56-25-15-14-19-42(56)53(62)68-46(36(4)29-40-21-23-44(47(30-40)65-9)67-26-16-24-55)32-43(57)35(3)28-38(6)49(59)50(66-10)48(58)37(5)27-33/h11-13,17-18,28,33,35-37,39-42,44-47,49-50,59,63H,14-16,19-27,29-32H2,1-10H3/b13-11?,17-12+,34-18?,38-28+/t33-,35-,36-,37-,39-,40+,41?,42+,44-,45+,46?,47-,49-,50+,54-/m1/s1. The third-order valence-corrected chi connectivity index (χ3v) is 15.8. The number of carbonyl (C=O) groups is 5. The molecule has 4 rings (SSSR count). The molecule has 390 valence electrons. The van der Waals surface area contributed by atoms with Crippen molar-refractivity contribution in [3.05, 3.63) is 47.6 Å². The zero-order valence-corrected chi connectivity index (χ0v) is 45.2. The molecule has 3 fully saturated rings. The molecule has 3 heterocycles. The Bertz CT molecular complexity index is 1830. The summed E-state index contributed by atoms with van der Waals surface area (Å²) in [4.78, 5) is 72.3. The van der Waals surface area contributed by atoms with E-state index in [0.29, 0.717) is 57.1 Å². The molecule has 0 aromatic heterocycles. The van der Waals surface area contributed by atoms with Crippen molar-refractivity contribution >= 4 is 51.8 Å². The molecule has 0 aromatic carbocycles. The summed E-state index contributed by atoms with van der Waals surface area (Å²) in [6, 6.07) is -1.13. The number of ketones is 3. The highest BCUT2D eigenvalue weighted by Gasteiger charge is 2.53. The molecule has 0 radical (unpaired) electrons. The number of halogens is 1. The second-order valence-corrected chi connectivity index (χ2v) is 21.6. The van der Waals surface area contributed by atoms with Gasteiger partial charge in [0.15, 0.2) is 5.78 Å². The molecular formula is C54H84INO13. The van der Waals surface area contributed by atoms with Crippen molar-refractivity contribution in [2.24, 2.45) is 35.5 Å². The molecule has 0 spiro atoms. The minimum atomic E-state index is -2.42. The molecule has 15 heteroatoms. The summed E-state index contributed by atoms with van der Waals surface area (Å²) in [5.74, 6) is -7.71. The number of esters is 1. The van der Waals surface area contributed by atoms with Gasteiger partial charge in [-0.05, 0) is 113 Å². The Kier molecular flexibility index (Phi) is 24.4. The predicted octanol–water partition coefficient (Wildman–Crippen LogP) is 8.03. The zero-order chi connectivity index (χ0) is 51.0. The van der Waals surface area contributed by atoms with Crippen molar-refractivity contribution in [2.75, 3.05) is 38.9 Å². The first-order chi connectivity index (χ1) is 32.8. The van der Waals surface area contributed by atoms with Gasteiger partial charge in [0.2, 0.25) is 5.79 Å². The monoisotopic (exact) mass is 1080 g/mol. The van der Waals surface area contributed by atoms with E-state index < -0.39 is 77.8 Å². The Labute approximate surface area is 425 Å². The average molecular weight is 1080 g/mol. The van der Waals surface area contributed by atoms with Crippen LogP contribution in [-0.4, -0.2) is 138 Å². The molecule has 2 N–H and O–H groups in total. The highest BCUT2D eigenvalue weighted by atomic mass is 127. The number of rotatable bonds is 10. The number of hydrogen-bond acceptors (Lipinski definition) is 13. The lowest BCUT2D eigenvalue weighted by molar-refractivity contribution is -0.265. The summed E-state index contributed by atoms with van der Waals surface area (Å²) in [7, 11) is 4.67. The van der Waals surface area contributed by atoms with Crippen LogP contribution in [-0.2, 0) is 52.4 Å². The molecule has 0 aromatic rings. The third-order valence-electron chi connectivity index (χ3n) is 15.1. The molecule has 1 aliphatic carbocycles. The number of aliphatic hydroxyl groups excluding tert-OH is 1. The van der Waals surface area contributed by atoms with Gasteiger partial charge in [0, 0.05) is 69.5 Å². The van der Waals surface area contributed by atoms with Crippen LogP contribution in [0.5, 0.6) is 0 Å². The maximum atomic E-state index is 14.5. The quantitative estimate of drug-likeness (QED) is 0.0536. The van der Waals surface area contributed by atoms with Gasteiger partial charge in [-0.25, -0.2) is 4.79 Å². The van der Waals surface area contributed by atoms with Gasteiger partial charge in [-0.2, -0.15) is 0 Å². The number of nitrogens with zero attached hydrogens (tertiary/aromatic N) is 1. The van der Waals surface area contributed by atoms with E-state index in [9.17, 15) is 34.2 Å². The average Bonchev–Trinajstić information content (AvgIpc) is 3.33. The van der Waals surface area contributed by atoms with E-state index in [4.69, 9.17) is 28.4 Å². The second kappa shape index (κ2) is 28.6. The van der Waals surface area contributed by atoms with Crippen molar-refractivity contribution in [2.45, 2.75) is 186 Å². The van der Waals surface area contributed by atoms with Crippen molar-refractivity contribution in [1.29, 1.82) is 0 Å². The Morgan fingerprint density at radius 1 is 0.870 bits per heavy atom. The smallest absolute Gasteiger partial charge is 0.329 e. The lowest BCUT2D eigenvalue weighted by Crippen LogP contribution is -2.61. The molecule has 4 aliphatic rings. The number of amides is 1. The number of piperidine rings is 1. The fourth-order valence-corrected chi connectivity index (χ4v) is 10.9. The molecule has 15 atom stereocenters. The largest absolute Gasteiger partial charge is 0.460 e. The molecule has 14 nitrogen and oxygen atoms in total. The molecule has 69 heavy (non-hydrogen) atoms. The lowest BCUT2D eigenvalue weighted by Gasteiger charge is -2.42. The number of alkyl halides is 1. The summed E-state index contributed by atoms with van der Waals surface area (Å²) in [6.45, 7) is 13.6. The highest BCUT2D eigenvalue weighted by molar-refractivity contribution is 14.1. The highest BCUT2D eigenvalue weighted by Crippen LogP contribution is 2.38. The number of cyclic esters (lactones) is 1. The maximum Gasteiger partial charge on any atom is 0.329 e. The number of hydrogen-bond donors (Lipinski definition) is 2. The van der Waals surface area contributed by atoms with Crippen LogP contribution >= 0.6 is 22.6 Å². The second-order valence-electron chi connectivity index (χ2n) is 20.5. The van der Waals surface area contributed by atoms with Crippen LogP contribution in [0.2, 0.25) is 0 Å². The fraction of sp³-hybridized carbons (Fsp3) is 0.759. The van der Waals surface area contributed by atoms with Gasteiger partial charge in [0.05, 0.1) is 24.4 Å². The minimum Gasteiger partial charge on any atom is -0.460 e. The molecule has 1 amide bonds. The van der Waals surface area contributed by atoms with E-state index in [0.717, 1.165) is 35.7 Å². The van der Waals surface area contributed by atoms with Crippen LogP contribution in [0.15, 0.2) is 47.6 Å².